The second-order valence-corrected chi connectivity index (χ2v) is 3.48. The van der Waals surface area contributed by atoms with Crippen molar-refractivity contribution in [3.8, 4) is 17.2 Å². The van der Waals surface area contributed by atoms with Crippen molar-refractivity contribution in [1.29, 1.82) is 0 Å². The van der Waals surface area contributed by atoms with E-state index in [0.29, 0.717) is 5.75 Å². The normalized spacial score (nSPS) is 9.44. The molecule has 0 aliphatic carbocycles. The summed E-state index contributed by atoms with van der Waals surface area (Å²) in [4.78, 5) is 11.3. The minimum absolute atomic E-state index is 0.0648. The van der Waals surface area contributed by atoms with Crippen molar-refractivity contribution in [3.05, 3.63) is 29.8 Å². The average molecular weight is 222 g/mol. The minimum Gasteiger partial charge on any atom is -0.504 e. The highest BCUT2D eigenvalue weighted by Crippen LogP contribution is 2.29. The van der Waals surface area contributed by atoms with Crippen LogP contribution in [-0.2, 0) is 4.79 Å². The molecule has 16 heavy (non-hydrogen) atoms. The van der Waals surface area contributed by atoms with Crippen LogP contribution >= 0.6 is 0 Å². The zero-order chi connectivity index (χ0) is 12.1. The van der Waals surface area contributed by atoms with Gasteiger partial charge in [0.05, 0.1) is 7.11 Å². The molecule has 0 saturated carbocycles. The van der Waals surface area contributed by atoms with E-state index in [1.807, 2.05) is 0 Å². The van der Waals surface area contributed by atoms with E-state index < -0.39 is 5.97 Å². The molecular formula is C12H14O4. The van der Waals surface area contributed by atoms with E-state index in [4.69, 9.17) is 9.47 Å². The Kier molecular flexibility index (Phi) is 3.94. The Bertz CT molecular complexity index is 417. The minimum atomic E-state index is -0.468. The van der Waals surface area contributed by atoms with Gasteiger partial charge in [-0.05, 0) is 26.0 Å². The summed E-state index contributed by atoms with van der Waals surface area (Å²) in [5, 5.41) is 9.45. The van der Waals surface area contributed by atoms with Crippen LogP contribution in [0.2, 0.25) is 0 Å². The highest BCUT2D eigenvalue weighted by molar-refractivity contribution is 5.84. The number of phenols is 1. The topological polar surface area (TPSA) is 55.8 Å². The zero-order valence-electron chi connectivity index (χ0n) is 9.48. The van der Waals surface area contributed by atoms with E-state index in [1.54, 1.807) is 19.9 Å². The fourth-order valence-corrected chi connectivity index (χ4v) is 1.11. The van der Waals surface area contributed by atoms with Crippen molar-refractivity contribution in [2.75, 3.05) is 7.11 Å². The SMILES string of the molecule is COc1ccc(OC(=O)C=C(C)C)cc1O. The first-order valence-corrected chi connectivity index (χ1v) is 4.76. The Balaban J connectivity index is 2.79. The molecule has 1 N–H and O–H groups in total. The molecule has 0 radical (unpaired) electrons. The highest BCUT2D eigenvalue weighted by Gasteiger charge is 2.06. The van der Waals surface area contributed by atoms with Crippen LogP contribution in [0, 0.1) is 0 Å². The molecule has 0 atom stereocenters. The third-order valence-corrected chi connectivity index (χ3v) is 1.78. The van der Waals surface area contributed by atoms with Crippen molar-refractivity contribution in [3.63, 3.8) is 0 Å². The highest BCUT2D eigenvalue weighted by atomic mass is 16.5. The lowest BCUT2D eigenvalue weighted by molar-refractivity contribution is -0.129. The number of carbonyl (C=O) groups is 1. The Morgan fingerprint density at radius 3 is 2.56 bits per heavy atom. The Hall–Kier alpha value is -1.97. The first kappa shape index (κ1) is 12.1. The maximum absolute atomic E-state index is 11.3. The third-order valence-electron chi connectivity index (χ3n) is 1.78. The summed E-state index contributed by atoms with van der Waals surface area (Å²) in [7, 11) is 1.45. The molecule has 0 unspecified atom stereocenters. The van der Waals surface area contributed by atoms with Crippen molar-refractivity contribution < 1.29 is 19.4 Å². The van der Waals surface area contributed by atoms with Crippen LogP contribution in [0.15, 0.2) is 29.8 Å². The lowest BCUT2D eigenvalue weighted by atomic mass is 10.3. The molecule has 0 saturated heterocycles. The molecule has 0 spiro atoms. The van der Waals surface area contributed by atoms with Crippen LogP contribution in [0.25, 0.3) is 0 Å². The Morgan fingerprint density at radius 1 is 1.38 bits per heavy atom. The predicted molar refractivity (Wildman–Crippen MR) is 59.7 cm³/mol. The second kappa shape index (κ2) is 5.21. The van der Waals surface area contributed by atoms with E-state index in [9.17, 15) is 9.90 Å². The molecule has 0 aliphatic rings. The fourth-order valence-electron chi connectivity index (χ4n) is 1.11. The number of phenolic OH excluding ortho intramolecular Hbond substituents is 1. The summed E-state index contributed by atoms with van der Waals surface area (Å²) in [6.45, 7) is 3.60. The van der Waals surface area contributed by atoms with E-state index in [-0.39, 0.29) is 11.5 Å². The van der Waals surface area contributed by atoms with Gasteiger partial charge < -0.3 is 14.6 Å². The summed E-state index contributed by atoms with van der Waals surface area (Å²) in [6.07, 6.45) is 1.38. The number of carbonyl (C=O) groups excluding carboxylic acids is 1. The third kappa shape index (κ3) is 3.31. The summed E-state index contributed by atoms with van der Waals surface area (Å²) in [6, 6.07) is 4.41. The molecule has 0 aromatic heterocycles. The van der Waals surface area contributed by atoms with Gasteiger partial charge in [0.25, 0.3) is 0 Å². The van der Waals surface area contributed by atoms with Gasteiger partial charge in [-0.2, -0.15) is 0 Å². The monoisotopic (exact) mass is 222 g/mol. The van der Waals surface area contributed by atoms with Crippen molar-refractivity contribution in [2.24, 2.45) is 0 Å². The van der Waals surface area contributed by atoms with Crippen LogP contribution in [0.4, 0.5) is 0 Å². The van der Waals surface area contributed by atoms with Gasteiger partial charge in [-0.1, -0.05) is 5.57 Å². The van der Waals surface area contributed by atoms with Crippen LogP contribution in [-0.4, -0.2) is 18.2 Å². The molecule has 4 heteroatoms. The number of aromatic hydroxyl groups is 1. The molecule has 1 rings (SSSR count). The number of benzene rings is 1. The second-order valence-electron chi connectivity index (χ2n) is 3.48. The van der Waals surface area contributed by atoms with Gasteiger partial charge >= 0.3 is 5.97 Å². The van der Waals surface area contributed by atoms with Gasteiger partial charge in [0.2, 0.25) is 0 Å². The van der Waals surface area contributed by atoms with E-state index in [1.165, 1.54) is 25.3 Å². The molecule has 4 nitrogen and oxygen atoms in total. The van der Waals surface area contributed by atoms with E-state index in [2.05, 4.69) is 0 Å². The molecule has 1 aromatic carbocycles. The molecule has 0 bridgehead atoms. The Morgan fingerprint density at radius 2 is 2.06 bits per heavy atom. The molecular weight excluding hydrogens is 208 g/mol. The molecule has 86 valence electrons. The molecule has 0 heterocycles. The lowest BCUT2D eigenvalue weighted by Crippen LogP contribution is -2.04. The van der Waals surface area contributed by atoms with Gasteiger partial charge in [-0.15, -0.1) is 0 Å². The van der Waals surface area contributed by atoms with Gasteiger partial charge in [-0.3, -0.25) is 0 Å². The van der Waals surface area contributed by atoms with E-state index >= 15 is 0 Å². The van der Waals surface area contributed by atoms with E-state index in [0.717, 1.165) is 5.57 Å². The number of hydrogen-bond acceptors (Lipinski definition) is 4. The summed E-state index contributed by atoms with van der Waals surface area (Å²) in [5.41, 5.74) is 0.850. The lowest BCUT2D eigenvalue weighted by Gasteiger charge is -2.05. The maximum Gasteiger partial charge on any atom is 0.336 e. The number of rotatable bonds is 3. The van der Waals surface area contributed by atoms with Crippen LogP contribution in [0.3, 0.4) is 0 Å². The van der Waals surface area contributed by atoms with Crippen molar-refractivity contribution in [1.82, 2.24) is 0 Å². The first-order valence-electron chi connectivity index (χ1n) is 4.76. The fraction of sp³-hybridized carbons (Fsp3) is 0.250. The summed E-state index contributed by atoms with van der Waals surface area (Å²) in [5.74, 6) is 0.0809. The van der Waals surface area contributed by atoms with Gasteiger partial charge in [-0.25, -0.2) is 4.79 Å². The quantitative estimate of drug-likeness (QED) is 0.484. The number of allylic oxidation sites excluding steroid dienone is 1. The van der Waals surface area contributed by atoms with Crippen molar-refractivity contribution in [2.45, 2.75) is 13.8 Å². The van der Waals surface area contributed by atoms with Crippen LogP contribution in [0.1, 0.15) is 13.8 Å². The number of esters is 1. The number of hydrogen-bond donors (Lipinski definition) is 1. The average Bonchev–Trinajstić information content (AvgIpc) is 2.16. The number of methoxy groups -OCH3 is 1. The molecule has 0 amide bonds. The van der Waals surface area contributed by atoms with Crippen molar-refractivity contribution >= 4 is 5.97 Å². The van der Waals surface area contributed by atoms with Gasteiger partial charge in [0.15, 0.2) is 11.5 Å². The summed E-state index contributed by atoms with van der Waals surface area (Å²) >= 11 is 0. The standard InChI is InChI=1S/C12H14O4/c1-8(2)6-12(14)16-9-4-5-11(15-3)10(13)7-9/h4-7,13H,1-3H3. The zero-order valence-corrected chi connectivity index (χ0v) is 9.48. The largest absolute Gasteiger partial charge is 0.504 e. The first-order chi connectivity index (χ1) is 7.52. The predicted octanol–water partition coefficient (Wildman–Crippen LogP) is 2.27. The van der Waals surface area contributed by atoms with Crippen LogP contribution < -0.4 is 9.47 Å². The van der Waals surface area contributed by atoms with Crippen LogP contribution in [0.5, 0.6) is 17.2 Å². The molecule has 0 aliphatic heterocycles. The maximum atomic E-state index is 11.3. The van der Waals surface area contributed by atoms with Gasteiger partial charge in [0.1, 0.15) is 5.75 Å². The molecule has 0 fully saturated rings. The smallest absolute Gasteiger partial charge is 0.336 e. The number of ether oxygens (including phenoxy) is 2. The Labute approximate surface area is 94.1 Å². The summed E-state index contributed by atoms with van der Waals surface area (Å²) < 4.78 is 9.84. The molecule has 1 aromatic rings. The van der Waals surface area contributed by atoms with Gasteiger partial charge in [0, 0.05) is 12.1 Å².